The minimum atomic E-state index is 0.370. The summed E-state index contributed by atoms with van der Waals surface area (Å²) in [6.45, 7) is 15.1. The summed E-state index contributed by atoms with van der Waals surface area (Å²) >= 11 is 0. The van der Waals surface area contributed by atoms with Crippen LogP contribution in [0.2, 0.25) is 0 Å². The second-order valence-electron chi connectivity index (χ2n) is 7.46. The van der Waals surface area contributed by atoms with E-state index in [9.17, 15) is 0 Å². The Labute approximate surface area is 124 Å². The topological polar surface area (TPSA) is 15.3 Å². The Kier molecular flexibility index (Phi) is 4.87. The molecule has 1 saturated heterocycles. The van der Waals surface area contributed by atoms with Gasteiger partial charge in [-0.25, -0.2) is 0 Å². The van der Waals surface area contributed by atoms with Crippen molar-refractivity contribution in [1.29, 1.82) is 0 Å². The van der Waals surface area contributed by atoms with Crippen molar-refractivity contribution in [3.05, 3.63) is 35.9 Å². The molecule has 3 unspecified atom stereocenters. The highest BCUT2D eigenvalue weighted by Crippen LogP contribution is 2.30. The van der Waals surface area contributed by atoms with Crippen molar-refractivity contribution >= 4 is 0 Å². The van der Waals surface area contributed by atoms with Crippen molar-refractivity contribution in [2.45, 2.75) is 46.7 Å². The van der Waals surface area contributed by atoms with Crippen molar-refractivity contribution < 1.29 is 0 Å². The molecule has 0 aliphatic carbocycles. The van der Waals surface area contributed by atoms with Gasteiger partial charge in [-0.15, -0.1) is 0 Å². The van der Waals surface area contributed by atoms with E-state index in [0.717, 1.165) is 13.1 Å². The molecule has 20 heavy (non-hydrogen) atoms. The highest BCUT2D eigenvalue weighted by atomic mass is 15.2. The van der Waals surface area contributed by atoms with Crippen LogP contribution < -0.4 is 5.32 Å². The number of piperazine rings is 1. The Morgan fingerprint density at radius 3 is 2.50 bits per heavy atom. The summed E-state index contributed by atoms with van der Waals surface area (Å²) in [5.74, 6) is 0.694. The zero-order valence-electron chi connectivity index (χ0n) is 13.7. The van der Waals surface area contributed by atoms with Crippen LogP contribution in [0.15, 0.2) is 30.3 Å². The third-order valence-corrected chi connectivity index (χ3v) is 4.78. The van der Waals surface area contributed by atoms with Gasteiger partial charge >= 0.3 is 0 Å². The van der Waals surface area contributed by atoms with E-state index in [1.54, 1.807) is 0 Å². The Balaban J connectivity index is 2.13. The second-order valence-corrected chi connectivity index (χ2v) is 7.46. The monoisotopic (exact) mass is 274 g/mol. The molecular formula is C18H30N2. The van der Waals surface area contributed by atoms with Gasteiger partial charge in [-0.3, -0.25) is 4.90 Å². The molecule has 0 bridgehead atoms. The van der Waals surface area contributed by atoms with E-state index in [0.29, 0.717) is 23.4 Å². The fraction of sp³-hybridized carbons (Fsp3) is 0.667. The van der Waals surface area contributed by atoms with E-state index in [1.165, 1.54) is 12.1 Å². The molecule has 2 rings (SSSR count). The van der Waals surface area contributed by atoms with E-state index in [4.69, 9.17) is 0 Å². The SMILES string of the molecule is CC1CN(CC(C)C(C)(C)C)C(c2ccccc2)CN1. The maximum Gasteiger partial charge on any atom is 0.0473 e. The summed E-state index contributed by atoms with van der Waals surface area (Å²) in [5, 5.41) is 3.63. The third-order valence-electron chi connectivity index (χ3n) is 4.78. The smallest absolute Gasteiger partial charge is 0.0473 e. The van der Waals surface area contributed by atoms with Crippen LogP contribution in [-0.4, -0.2) is 30.6 Å². The summed E-state index contributed by atoms with van der Waals surface area (Å²) in [7, 11) is 0. The third kappa shape index (κ3) is 3.83. The average Bonchev–Trinajstić information content (AvgIpc) is 2.39. The van der Waals surface area contributed by atoms with Gasteiger partial charge in [0, 0.05) is 31.7 Å². The molecule has 0 radical (unpaired) electrons. The first-order valence-corrected chi connectivity index (χ1v) is 7.90. The molecule has 0 saturated carbocycles. The lowest BCUT2D eigenvalue weighted by Crippen LogP contribution is -2.52. The maximum absolute atomic E-state index is 3.63. The molecule has 2 nitrogen and oxygen atoms in total. The van der Waals surface area contributed by atoms with Crippen LogP contribution in [0.5, 0.6) is 0 Å². The van der Waals surface area contributed by atoms with Gasteiger partial charge < -0.3 is 5.32 Å². The van der Waals surface area contributed by atoms with Crippen LogP contribution in [-0.2, 0) is 0 Å². The second kappa shape index (κ2) is 6.28. The number of hydrogen-bond acceptors (Lipinski definition) is 2. The predicted molar refractivity (Wildman–Crippen MR) is 86.8 cm³/mol. The molecule has 1 aromatic carbocycles. The van der Waals surface area contributed by atoms with E-state index in [2.05, 4.69) is 75.2 Å². The van der Waals surface area contributed by atoms with Gasteiger partial charge in [0.25, 0.3) is 0 Å². The normalized spacial score (nSPS) is 26.4. The summed E-state index contributed by atoms with van der Waals surface area (Å²) in [4.78, 5) is 2.67. The van der Waals surface area contributed by atoms with Gasteiger partial charge in [0.15, 0.2) is 0 Å². The molecule has 0 amide bonds. The molecule has 0 aromatic heterocycles. The molecule has 0 spiro atoms. The first kappa shape index (κ1) is 15.5. The molecule has 1 aliphatic rings. The lowest BCUT2D eigenvalue weighted by atomic mass is 9.81. The van der Waals surface area contributed by atoms with Crippen molar-refractivity contribution in [2.24, 2.45) is 11.3 Å². The van der Waals surface area contributed by atoms with Gasteiger partial charge in [0.1, 0.15) is 0 Å². The van der Waals surface area contributed by atoms with Crippen molar-refractivity contribution in [3.63, 3.8) is 0 Å². The lowest BCUT2D eigenvalue weighted by Gasteiger charge is -2.43. The quantitative estimate of drug-likeness (QED) is 0.904. The van der Waals surface area contributed by atoms with E-state index >= 15 is 0 Å². The Morgan fingerprint density at radius 1 is 1.25 bits per heavy atom. The molecule has 3 atom stereocenters. The van der Waals surface area contributed by atoms with Crippen molar-refractivity contribution in [2.75, 3.05) is 19.6 Å². The number of rotatable bonds is 3. The van der Waals surface area contributed by atoms with Crippen molar-refractivity contribution in [3.8, 4) is 0 Å². The number of nitrogens with zero attached hydrogens (tertiary/aromatic N) is 1. The molecule has 1 fully saturated rings. The zero-order valence-corrected chi connectivity index (χ0v) is 13.7. The molecule has 1 heterocycles. The summed E-state index contributed by atoms with van der Waals surface area (Å²) < 4.78 is 0. The fourth-order valence-electron chi connectivity index (χ4n) is 2.82. The molecular weight excluding hydrogens is 244 g/mol. The minimum absolute atomic E-state index is 0.370. The van der Waals surface area contributed by atoms with Gasteiger partial charge in [0.2, 0.25) is 0 Å². The zero-order chi connectivity index (χ0) is 14.8. The lowest BCUT2D eigenvalue weighted by molar-refractivity contribution is 0.0865. The highest BCUT2D eigenvalue weighted by Gasteiger charge is 2.30. The largest absolute Gasteiger partial charge is 0.311 e. The Morgan fingerprint density at radius 2 is 1.90 bits per heavy atom. The Bertz CT molecular complexity index is 407. The number of nitrogens with one attached hydrogen (secondary N) is 1. The predicted octanol–water partition coefficient (Wildman–Crippen LogP) is 3.70. The maximum atomic E-state index is 3.63. The molecule has 112 valence electrons. The van der Waals surface area contributed by atoms with Crippen LogP contribution in [0, 0.1) is 11.3 Å². The van der Waals surface area contributed by atoms with Crippen LogP contribution in [0.25, 0.3) is 0 Å². The summed E-state index contributed by atoms with van der Waals surface area (Å²) in [6, 6.07) is 12.0. The fourth-order valence-corrected chi connectivity index (χ4v) is 2.82. The van der Waals surface area contributed by atoms with E-state index in [-0.39, 0.29) is 0 Å². The van der Waals surface area contributed by atoms with Gasteiger partial charge in [-0.05, 0) is 23.8 Å². The molecule has 1 aliphatic heterocycles. The van der Waals surface area contributed by atoms with Crippen LogP contribution in [0.3, 0.4) is 0 Å². The standard InChI is InChI=1S/C18H30N2/c1-14(18(3,4)5)12-20-13-15(2)19-11-17(20)16-9-7-6-8-10-16/h6-10,14-15,17,19H,11-13H2,1-5H3. The van der Waals surface area contributed by atoms with E-state index < -0.39 is 0 Å². The van der Waals surface area contributed by atoms with Gasteiger partial charge in [-0.1, -0.05) is 58.0 Å². The Hall–Kier alpha value is -0.860. The average molecular weight is 274 g/mol. The molecule has 1 N–H and O–H groups in total. The van der Waals surface area contributed by atoms with Crippen LogP contribution in [0.1, 0.15) is 46.2 Å². The highest BCUT2D eigenvalue weighted by molar-refractivity contribution is 5.20. The summed E-state index contributed by atoms with van der Waals surface area (Å²) in [5.41, 5.74) is 1.81. The number of benzene rings is 1. The molecule has 1 aromatic rings. The van der Waals surface area contributed by atoms with Gasteiger partial charge in [0.05, 0.1) is 0 Å². The van der Waals surface area contributed by atoms with Crippen LogP contribution in [0.4, 0.5) is 0 Å². The summed E-state index contributed by atoms with van der Waals surface area (Å²) in [6.07, 6.45) is 0. The molecule has 2 heteroatoms. The first-order valence-electron chi connectivity index (χ1n) is 7.90. The number of hydrogen-bond donors (Lipinski definition) is 1. The van der Waals surface area contributed by atoms with Crippen LogP contribution >= 0.6 is 0 Å². The van der Waals surface area contributed by atoms with E-state index in [1.807, 2.05) is 0 Å². The minimum Gasteiger partial charge on any atom is -0.311 e. The van der Waals surface area contributed by atoms with Gasteiger partial charge in [-0.2, -0.15) is 0 Å². The first-order chi connectivity index (χ1) is 9.38. The van der Waals surface area contributed by atoms with Crippen molar-refractivity contribution in [1.82, 2.24) is 10.2 Å².